The topological polar surface area (TPSA) is 80.5 Å². The number of anilines is 1. The molecule has 0 saturated carbocycles. The van der Waals surface area contributed by atoms with Crippen molar-refractivity contribution < 1.29 is 13.9 Å². The average molecular weight is 342 g/mol. The largest absolute Gasteiger partial charge is 0.459 e. The van der Waals surface area contributed by atoms with Gasteiger partial charge in [0, 0.05) is 24.5 Å². The van der Waals surface area contributed by atoms with Gasteiger partial charge in [-0.05, 0) is 37.8 Å². The minimum Gasteiger partial charge on any atom is -0.459 e. The molecule has 2 saturated heterocycles. The number of carbonyl (C=O) groups is 1. The van der Waals surface area contributed by atoms with Crippen LogP contribution in [-0.4, -0.2) is 52.6 Å². The van der Waals surface area contributed by atoms with E-state index in [1.165, 1.54) is 0 Å². The molecule has 1 atom stereocenters. The molecule has 7 nitrogen and oxygen atoms in total. The molecule has 2 aromatic rings. The Kier molecular flexibility index (Phi) is 4.17. The molecule has 0 aliphatic carbocycles. The number of furan rings is 1. The Hall–Kier alpha value is -2.41. The fourth-order valence-electron chi connectivity index (χ4n) is 3.48. The second kappa shape index (κ2) is 6.48. The first-order valence-electron chi connectivity index (χ1n) is 8.63. The Morgan fingerprint density at radius 3 is 2.84 bits per heavy atom. The highest BCUT2D eigenvalue weighted by Crippen LogP contribution is 2.37. The first-order chi connectivity index (χ1) is 12.2. The molecule has 2 aromatic heterocycles. The number of nitrogens with zero attached hydrogens (tertiary/aromatic N) is 3. The van der Waals surface area contributed by atoms with Crippen molar-refractivity contribution in [1.82, 2.24) is 14.9 Å². The van der Waals surface area contributed by atoms with Crippen LogP contribution < -0.4 is 5.32 Å². The van der Waals surface area contributed by atoms with Gasteiger partial charge in [-0.15, -0.1) is 0 Å². The molecule has 0 unspecified atom stereocenters. The van der Waals surface area contributed by atoms with Gasteiger partial charge in [0.25, 0.3) is 5.91 Å². The van der Waals surface area contributed by atoms with Gasteiger partial charge in [0.05, 0.1) is 26.0 Å². The zero-order valence-electron chi connectivity index (χ0n) is 14.3. The summed E-state index contributed by atoms with van der Waals surface area (Å²) in [5, 5.41) is 3.25. The molecule has 2 aliphatic rings. The van der Waals surface area contributed by atoms with Crippen molar-refractivity contribution in [3.63, 3.8) is 0 Å². The molecule has 0 bridgehead atoms. The van der Waals surface area contributed by atoms with E-state index in [4.69, 9.17) is 9.15 Å². The second-order valence-electron chi connectivity index (χ2n) is 6.95. The summed E-state index contributed by atoms with van der Waals surface area (Å²) < 4.78 is 11.4. The summed E-state index contributed by atoms with van der Waals surface area (Å²) in [6.07, 6.45) is 7.05. The first kappa shape index (κ1) is 16.1. The Balaban J connectivity index is 1.24. The summed E-state index contributed by atoms with van der Waals surface area (Å²) in [4.78, 5) is 22.5. The van der Waals surface area contributed by atoms with Crippen LogP contribution in [0.5, 0.6) is 0 Å². The summed E-state index contributed by atoms with van der Waals surface area (Å²) in [6.45, 7) is 4.68. The third-order valence-corrected chi connectivity index (χ3v) is 5.05. The molecular weight excluding hydrogens is 320 g/mol. The number of aryl methyl sites for hydroxylation is 1. The van der Waals surface area contributed by atoms with Gasteiger partial charge in [-0.2, -0.15) is 0 Å². The smallest absolute Gasteiger partial charge is 0.290 e. The standard InChI is InChI=1S/C18H22N4O3/c1-13-4-8-24-15(13)16(23)22-11-18(12-22)5-3-14(10-25-18)9-21-17-19-6-2-7-20-17/h2,4,6-8,14H,3,5,9-12H2,1H3,(H,19,20,21)/t14-/m0/s1. The van der Waals surface area contributed by atoms with Gasteiger partial charge in [-0.1, -0.05) is 0 Å². The molecule has 2 aliphatic heterocycles. The number of carbonyl (C=O) groups excluding carboxylic acids is 1. The SMILES string of the molecule is Cc1ccoc1C(=O)N1CC2(CC[C@@H](CNc3ncccn3)CO2)C1. The van der Waals surface area contributed by atoms with Crippen molar-refractivity contribution in [2.75, 3.05) is 31.6 Å². The Bertz CT molecular complexity index is 730. The van der Waals surface area contributed by atoms with Crippen LogP contribution in [0.2, 0.25) is 0 Å². The minimum absolute atomic E-state index is 0.0401. The van der Waals surface area contributed by atoms with E-state index in [0.717, 1.165) is 24.9 Å². The molecule has 1 amide bonds. The monoisotopic (exact) mass is 342 g/mol. The van der Waals surface area contributed by atoms with Gasteiger partial charge in [-0.3, -0.25) is 4.79 Å². The number of hydrogen-bond donors (Lipinski definition) is 1. The van der Waals surface area contributed by atoms with Crippen molar-refractivity contribution in [3.8, 4) is 0 Å². The quantitative estimate of drug-likeness (QED) is 0.917. The number of amides is 1. The second-order valence-corrected chi connectivity index (χ2v) is 6.95. The minimum atomic E-state index is -0.171. The van der Waals surface area contributed by atoms with Crippen LogP contribution >= 0.6 is 0 Å². The van der Waals surface area contributed by atoms with E-state index in [9.17, 15) is 4.79 Å². The predicted octanol–water partition coefficient (Wildman–Crippen LogP) is 2.11. The Morgan fingerprint density at radius 1 is 1.40 bits per heavy atom. The Morgan fingerprint density at radius 2 is 2.20 bits per heavy atom. The lowest BCUT2D eigenvalue weighted by molar-refractivity contribution is -0.165. The lowest BCUT2D eigenvalue weighted by Crippen LogP contribution is -2.66. The molecule has 2 fully saturated rings. The molecule has 0 radical (unpaired) electrons. The van der Waals surface area contributed by atoms with Crippen molar-refractivity contribution >= 4 is 11.9 Å². The Labute approximate surface area is 146 Å². The number of likely N-dealkylation sites (tertiary alicyclic amines) is 1. The fourth-order valence-corrected chi connectivity index (χ4v) is 3.48. The zero-order chi connectivity index (χ0) is 17.3. The lowest BCUT2D eigenvalue weighted by atomic mass is 9.82. The highest BCUT2D eigenvalue weighted by Gasteiger charge is 2.49. The highest BCUT2D eigenvalue weighted by atomic mass is 16.5. The van der Waals surface area contributed by atoms with Crippen molar-refractivity contribution in [2.24, 2.45) is 5.92 Å². The number of nitrogens with one attached hydrogen (secondary N) is 1. The van der Waals surface area contributed by atoms with E-state index in [1.54, 1.807) is 24.7 Å². The summed E-state index contributed by atoms with van der Waals surface area (Å²) >= 11 is 0. The van der Waals surface area contributed by atoms with Gasteiger partial charge >= 0.3 is 0 Å². The maximum Gasteiger partial charge on any atom is 0.290 e. The predicted molar refractivity (Wildman–Crippen MR) is 91.3 cm³/mol. The highest BCUT2D eigenvalue weighted by molar-refractivity contribution is 5.93. The van der Waals surface area contributed by atoms with Crippen LogP contribution in [0, 0.1) is 12.8 Å². The van der Waals surface area contributed by atoms with Crippen molar-refractivity contribution in [1.29, 1.82) is 0 Å². The van der Waals surface area contributed by atoms with Gasteiger partial charge in [0.2, 0.25) is 5.95 Å². The van der Waals surface area contributed by atoms with E-state index in [2.05, 4.69) is 15.3 Å². The van der Waals surface area contributed by atoms with Gasteiger partial charge in [0.1, 0.15) is 5.60 Å². The van der Waals surface area contributed by atoms with Gasteiger partial charge in [-0.25, -0.2) is 9.97 Å². The normalized spacial score (nSPS) is 21.8. The number of ether oxygens (including phenoxy) is 1. The lowest BCUT2D eigenvalue weighted by Gasteiger charge is -2.52. The molecule has 0 aromatic carbocycles. The van der Waals surface area contributed by atoms with E-state index in [0.29, 0.717) is 37.3 Å². The summed E-state index contributed by atoms with van der Waals surface area (Å²) in [7, 11) is 0. The molecule has 4 rings (SSSR count). The summed E-state index contributed by atoms with van der Waals surface area (Å²) in [5.74, 6) is 1.49. The molecule has 1 N–H and O–H groups in total. The van der Waals surface area contributed by atoms with Crippen molar-refractivity contribution in [3.05, 3.63) is 42.1 Å². The zero-order valence-corrected chi connectivity index (χ0v) is 14.3. The third kappa shape index (κ3) is 3.24. The maximum atomic E-state index is 12.4. The average Bonchev–Trinajstić information content (AvgIpc) is 3.05. The molecule has 4 heterocycles. The fraction of sp³-hybridized carbons (Fsp3) is 0.500. The van der Waals surface area contributed by atoms with E-state index in [1.807, 2.05) is 17.9 Å². The molecular formula is C18H22N4O3. The molecule has 132 valence electrons. The van der Waals surface area contributed by atoms with Crippen LogP contribution in [0.25, 0.3) is 0 Å². The van der Waals surface area contributed by atoms with Crippen LogP contribution in [0.4, 0.5) is 5.95 Å². The van der Waals surface area contributed by atoms with E-state index < -0.39 is 0 Å². The van der Waals surface area contributed by atoms with Crippen LogP contribution in [0.15, 0.2) is 35.2 Å². The van der Waals surface area contributed by atoms with E-state index >= 15 is 0 Å². The van der Waals surface area contributed by atoms with Gasteiger partial charge in [0.15, 0.2) is 5.76 Å². The maximum absolute atomic E-state index is 12.4. The summed E-state index contributed by atoms with van der Waals surface area (Å²) in [5.41, 5.74) is 0.709. The molecule has 1 spiro atoms. The summed E-state index contributed by atoms with van der Waals surface area (Å²) in [6, 6.07) is 3.61. The van der Waals surface area contributed by atoms with Gasteiger partial charge < -0.3 is 19.4 Å². The third-order valence-electron chi connectivity index (χ3n) is 5.05. The van der Waals surface area contributed by atoms with Crippen LogP contribution in [-0.2, 0) is 4.74 Å². The van der Waals surface area contributed by atoms with E-state index in [-0.39, 0.29) is 11.5 Å². The molecule has 25 heavy (non-hydrogen) atoms. The first-order valence-corrected chi connectivity index (χ1v) is 8.63. The number of rotatable bonds is 4. The van der Waals surface area contributed by atoms with Crippen LogP contribution in [0.1, 0.15) is 29.0 Å². The van der Waals surface area contributed by atoms with Crippen LogP contribution in [0.3, 0.4) is 0 Å². The molecule has 7 heteroatoms. The van der Waals surface area contributed by atoms with Crippen molar-refractivity contribution in [2.45, 2.75) is 25.4 Å². The number of aromatic nitrogens is 2. The number of hydrogen-bond acceptors (Lipinski definition) is 6.